The second-order valence-corrected chi connectivity index (χ2v) is 6.74. The molecule has 1 N–H and O–H groups in total. The Morgan fingerprint density at radius 1 is 1.32 bits per heavy atom. The van der Waals surface area contributed by atoms with E-state index in [0.717, 1.165) is 0 Å². The molecule has 1 atom stereocenters. The van der Waals surface area contributed by atoms with Gasteiger partial charge in [0.2, 0.25) is 10.0 Å². The molecule has 0 fully saturated rings. The first kappa shape index (κ1) is 16.7. The lowest BCUT2D eigenvalue weighted by molar-refractivity contribution is 0.354. The lowest BCUT2D eigenvalue weighted by atomic mass is 10.3. The SMILES string of the molecule is CCn1c(OC)nnc1[C@@H](C)NS(=O)(=O)c1ccc(Cl)cc1. The molecule has 9 heteroatoms. The highest BCUT2D eigenvalue weighted by molar-refractivity contribution is 7.89. The molecule has 0 radical (unpaired) electrons. The Hall–Kier alpha value is -1.64. The minimum atomic E-state index is -3.68. The van der Waals surface area contributed by atoms with Crippen molar-refractivity contribution in [1.29, 1.82) is 0 Å². The van der Waals surface area contributed by atoms with E-state index in [4.69, 9.17) is 16.3 Å². The minimum Gasteiger partial charge on any atom is -0.467 e. The molecule has 1 aromatic heterocycles. The van der Waals surface area contributed by atoms with E-state index in [0.29, 0.717) is 23.4 Å². The second kappa shape index (κ2) is 6.64. The molecular weight excluding hydrogens is 328 g/mol. The Morgan fingerprint density at radius 2 is 1.95 bits per heavy atom. The molecule has 0 spiro atoms. The van der Waals surface area contributed by atoms with Crippen molar-refractivity contribution >= 4 is 21.6 Å². The average Bonchev–Trinajstić information content (AvgIpc) is 2.90. The fourth-order valence-electron chi connectivity index (χ4n) is 2.04. The topological polar surface area (TPSA) is 86.1 Å². The van der Waals surface area contributed by atoms with Crippen LogP contribution in [0.4, 0.5) is 0 Å². The summed E-state index contributed by atoms with van der Waals surface area (Å²) in [6.07, 6.45) is 0. The summed E-state index contributed by atoms with van der Waals surface area (Å²) in [4.78, 5) is 0.137. The summed E-state index contributed by atoms with van der Waals surface area (Å²) < 4.78 is 34.1. The van der Waals surface area contributed by atoms with Crippen molar-refractivity contribution in [2.24, 2.45) is 0 Å². The summed E-state index contributed by atoms with van der Waals surface area (Å²) in [6.45, 7) is 4.16. The number of nitrogens with zero attached hydrogens (tertiary/aromatic N) is 3. The zero-order valence-electron chi connectivity index (χ0n) is 12.4. The first-order valence-electron chi connectivity index (χ1n) is 6.64. The number of rotatable bonds is 6. The normalized spacial score (nSPS) is 13.1. The zero-order valence-corrected chi connectivity index (χ0v) is 14.0. The van der Waals surface area contributed by atoms with Gasteiger partial charge in [0.15, 0.2) is 5.82 Å². The van der Waals surface area contributed by atoms with Crippen LogP contribution >= 0.6 is 11.6 Å². The van der Waals surface area contributed by atoms with Gasteiger partial charge in [-0.15, -0.1) is 5.10 Å². The van der Waals surface area contributed by atoms with E-state index < -0.39 is 16.1 Å². The number of methoxy groups -OCH3 is 1. The maximum Gasteiger partial charge on any atom is 0.316 e. The minimum absolute atomic E-state index is 0.137. The maximum atomic E-state index is 12.4. The van der Waals surface area contributed by atoms with Crippen LogP contribution in [0.15, 0.2) is 29.2 Å². The fraction of sp³-hybridized carbons (Fsp3) is 0.385. The van der Waals surface area contributed by atoms with Crippen LogP contribution in [0.5, 0.6) is 6.01 Å². The van der Waals surface area contributed by atoms with Gasteiger partial charge in [0.1, 0.15) is 0 Å². The van der Waals surface area contributed by atoms with E-state index in [1.54, 1.807) is 11.5 Å². The van der Waals surface area contributed by atoms with Crippen LogP contribution in [0.1, 0.15) is 25.7 Å². The number of aromatic nitrogens is 3. The first-order valence-corrected chi connectivity index (χ1v) is 8.50. The van der Waals surface area contributed by atoms with Crippen molar-refractivity contribution in [2.75, 3.05) is 7.11 Å². The summed E-state index contributed by atoms with van der Waals surface area (Å²) in [6, 6.07) is 5.73. The van der Waals surface area contributed by atoms with E-state index >= 15 is 0 Å². The molecule has 0 saturated heterocycles. The van der Waals surface area contributed by atoms with Gasteiger partial charge in [-0.05, 0) is 38.1 Å². The van der Waals surface area contributed by atoms with Gasteiger partial charge < -0.3 is 4.74 Å². The largest absolute Gasteiger partial charge is 0.467 e. The summed E-state index contributed by atoms with van der Waals surface area (Å²) in [5.41, 5.74) is 0. The quantitative estimate of drug-likeness (QED) is 0.866. The number of nitrogens with one attached hydrogen (secondary N) is 1. The van der Waals surface area contributed by atoms with E-state index in [2.05, 4.69) is 14.9 Å². The average molecular weight is 345 g/mol. The number of hydrogen-bond acceptors (Lipinski definition) is 5. The molecule has 0 saturated carbocycles. The van der Waals surface area contributed by atoms with Gasteiger partial charge in [0.05, 0.1) is 18.0 Å². The highest BCUT2D eigenvalue weighted by Crippen LogP contribution is 2.20. The Morgan fingerprint density at radius 3 is 2.50 bits per heavy atom. The number of ether oxygens (including phenoxy) is 1. The fourth-order valence-corrected chi connectivity index (χ4v) is 3.36. The molecule has 120 valence electrons. The van der Waals surface area contributed by atoms with Crippen LogP contribution in [0.25, 0.3) is 0 Å². The molecule has 1 aromatic carbocycles. The van der Waals surface area contributed by atoms with E-state index in [9.17, 15) is 8.42 Å². The molecule has 0 aliphatic carbocycles. The van der Waals surface area contributed by atoms with Crippen molar-refractivity contribution in [1.82, 2.24) is 19.5 Å². The van der Waals surface area contributed by atoms with Crippen molar-refractivity contribution in [3.63, 3.8) is 0 Å². The van der Waals surface area contributed by atoms with Crippen LogP contribution in [0, 0.1) is 0 Å². The predicted octanol–water partition coefficient (Wildman–Crippen LogP) is 2.00. The van der Waals surface area contributed by atoms with Gasteiger partial charge in [-0.3, -0.25) is 4.57 Å². The molecular formula is C13H17ClN4O3S. The van der Waals surface area contributed by atoms with Gasteiger partial charge in [0.25, 0.3) is 0 Å². The van der Waals surface area contributed by atoms with Crippen molar-refractivity contribution < 1.29 is 13.2 Å². The molecule has 0 aliphatic heterocycles. The smallest absolute Gasteiger partial charge is 0.316 e. The Balaban J connectivity index is 2.26. The molecule has 1 heterocycles. The standard InChI is InChI=1S/C13H17ClN4O3S/c1-4-18-12(15-16-13(18)21-3)9(2)17-22(19,20)11-7-5-10(14)6-8-11/h5-9,17H,4H2,1-3H3/t9-/m1/s1. The van der Waals surface area contributed by atoms with E-state index in [1.807, 2.05) is 6.92 Å². The summed E-state index contributed by atoms with van der Waals surface area (Å²) in [7, 11) is -2.19. The first-order chi connectivity index (χ1) is 10.4. The Labute approximate surface area is 134 Å². The van der Waals surface area contributed by atoms with E-state index in [1.165, 1.54) is 31.4 Å². The molecule has 0 bridgehead atoms. The van der Waals surface area contributed by atoms with Crippen LogP contribution in [0.2, 0.25) is 5.02 Å². The summed E-state index contributed by atoms with van der Waals surface area (Å²) >= 11 is 5.77. The van der Waals surface area contributed by atoms with Gasteiger partial charge in [-0.25, -0.2) is 13.1 Å². The number of halogens is 1. The van der Waals surface area contributed by atoms with Crippen molar-refractivity contribution in [3.05, 3.63) is 35.1 Å². The van der Waals surface area contributed by atoms with Crippen molar-refractivity contribution in [2.45, 2.75) is 31.3 Å². The maximum absolute atomic E-state index is 12.4. The predicted molar refractivity (Wildman–Crippen MR) is 82.4 cm³/mol. The monoisotopic (exact) mass is 344 g/mol. The van der Waals surface area contributed by atoms with Gasteiger partial charge >= 0.3 is 6.01 Å². The number of sulfonamides is 1. The molecule has 0 amide bonds. The van der Waals surface area contributed by atoms with Gasteiger partial charge in [-0.1, -0.05) is 16.7 Å². The third kappa shape index (κ3) is 3.40. The Bertz CT molecular complexity index is 743. The lowest BCUT2D eigenvalue weighted by Crippen LogP contribution is -2.29. The van der Waals surface area contributed by atoms with Crippen LogP contribution in [0.3, 0.4) is 0 Å². The second-order valence-electron chi connectivity index (χ2n) is 4.59. The van der Waals surface area contributed by atoms with Crippen molar-refractivity contribution in [3.8, 4) is 6.01 Å². The third-order valence-electron chi connectivity index (χ3n) is 3.09. The van der Waals surface area contributed by atoms with Gasteiger partial charge in [-0.2, -0.15) is 0 Å². The molecule has 0 unspecified atom stereocenters. The zero-order chi connectivity index (χ0) is 16.3. The molecule has 22 heavy (non-hydrogen) atoms. The Kier molecular flexibility index (Phi) is 5.05. The lowest BCUT2D eigenvalue weighted by Gasteiger charge is -2.15. The molecule has 2 aromatic rings. The highest BCUT2D eigenvalue weighted by Gasteiger charge is 2.23. The summed E-state index contributed by atoms with van der Waals surface area (Å²) in [5, 5.41) is 8.34. The van der Waals surface area contributed by atoms with Crippen LogP contribution in [-0.4, -0.2) is 30.3 Å². The number of hydrogen-bond donors (Lipinski definition) is 1. The van der Waals surface area contributed by atoms with E-state index in [-0.39, 0.29) is 4.90 Å². The van der Waals surface area contributed by atoms with Crippen LogP contribution < -0.4 is 9.46 Å². The highest BCUT2D eigenvalue weighted by atomic mass is 35.5. The third-order valence-corrected chi connectivity index (χ3v) is 4.90. The van der Waals surface area contributed by atoms with Crippen LogP contribution in [-0.2, 0) is 16.6 Å². The molecule has 7 nitrogen and oxygen atoms in total. The number of benzene rings is 1. The summed E-state index contributed by atoms with van der Waals surface area (Å²) in [5.74, 6) is 0.483. The molecule has 2 rings (SSSR count). The van der Waals surface area contributed by atoms with Gasteiger partial charge in [0, 0.05) is 11.6 Å². The molecule has 0 aliphatic rings.